The third kappa shape index (κ3) is 5.07. The molecule has 0 saturated heterocycles. The summed E-state index contributed by atoms with van der Waals surface area (Å²) in [6, 6.07) is 7.92. The average Bonchev–Trinajstić information content (AvgIpc) is 2.37. The number of phenolic OH excluding ortho intramolecular Hbond substituents is 1. The quantitative estimate of drug-likeness (QED) is 0.697. The number of hydrogen-bond acceptors (Lipinski definition) is 3. The van der Waals surface area contributed by atoms with Crippen molar-refractivity contribution in [1.29, 1.82) is 0 Å². The molecule has 1 rings (SSSR count). The van der Waals surface area contributed by atoms with E-state index in [1.807, 2.05) is 12.1 Å². The van der Waals surface area contributed by atoms with E-state index in [0.717, 1.165) is 32.4 Å². The molecule has 0 heterocycles. The van der Waals surface area contributed by atoms with E-state index in [-0.39, 0.29) is 6.61 Å². The Labute approximate surface area is 110 Å². The fourth-order valence-electron chi connectivity index (χ4n) is 2.22. The van der Waals surface area contributed by atoms with Gasteiger partial charge in [0.15, 0.2) is 0 Å². The molecule has 0 spiro atoms. The maximum absolute atomic E-state index is 9.26. The number of aromatic hydroxyl groups is 1. The maximum Gasteiger partial charge on any atom is 0.115 e. The largest absolute Gasteiger partial charge is 0.508 e. The van der Waals surface area contributed by atoms with Crippen LogP contribution in [0.5, 0.6) is 5.75 Å². The third-order valence-electron chi connectivity index (χ3n) is 3.35. The predicted octanol–water partition coefficient (Wildman–Crippen LogP) is 2.42. The molecule has 1 atom stereocenters. The number of unbranched alkanes of at least 4 members (excludes halogenated alkanes) is 1. The van der Waals surface area contributed by atoms with Gasteiger partial charge in [-0.25, -0.2) is 0 Å². The summed E-state index contributed by atoms with van der Waals surface area (Å²) in [6.45, 7) is 6.76. The van der Waals surface area contributed by atoms with Gasteiger partial charge in [-0.15, -0.1) is 0 Å². The zero-order valence-corrected chi connectivity index (χ0v) is 11.5. The zero-order chi connectivity index (χ0) is 13.4. The molecule has 1 unspecified atom stereocenters. The first kappa shape index (κ1) is 15.0. The highest BCUT2D eigenvalue weighted by Gasteiger charge is 2.12. The first-order chi connectivity index (χ1) is 8.67. The van der Waals surface area contributed by atoms with Crippen molar-refractivity contribution in [1.82, 2.24) is 4.90 Å². The topological polar surface area (TPSA) is 43.7 Å². The molecule has 0 bridgehead atoms. The van der Waals surface area contributed by atoms with Crippen LogP contribution in [0, 0.1) is 0 Å². The highest BCUT2D eigenvalue weighted by Crippen LogP contribution is 2.13. The van der Waals surface area contributed by atoms with E-state index < -0.39 is 0 Å². The summed E-state index contributed by atoms with van der Waals surface area (Å²) in [5, 5.41) is 18.1. The molecular weight excluding hydrogens is 226 g/mol. The summed E-state index contributed by atoms with van der Waals surface area (Å²) in [6.07, 6.45) is 2.92. The van der Waals surface area contributed by atoms with Gasteiger partial charge < -0.3 is 15.1 Å². The molecule has 1 aromatic rings. The number of hydrogen-bond donors (Lipinski definition) is 2. The molecule has 0 saturated carbocycles. The molecule has 3 heteroatoms. The second-order valence-electron chi connectivity index (χ2n) is 4.78. The number of benzene rings is 1. The highest BCUT2D eigenvalue weighted by atomic mass is 16.3. The van der Waals surface area contributed by atoms with Crippen LogP contribution < -0.4 is 0 Å². The van der Waals surface area contributed by atoms with Crippen LogP contribution in [0.15, 0.2) is 24.3 Å². The number of likely N-dealkylation sites (N-methyl/N-ethyl adjacent to an activating group) is 1. The lowest BCUT2D eigenvalue weighted by atomic mass is 10.1. The van der Waals surface area contributed by atoms with Crippen LogP contribution in [0.4, 0.5) is 0 Å². The Morgan fingerprint density at radius 3 is 2.39 bits per heavy atom. The monoisotopic (exact) mass is 251 g/mol. The summed E-state index contributed by atoms with van der Waals surface area (Å²) in [7, 11) is 0. The smallest absolute Gasteiger partial charge is 0.115 e. The van der Waals surface area contributed by atoms with Crippen molar-refractivity contribution in [2.45, 2.75) is 39.2 Å². The van der Waals surface area contributed by atoms with Crippen molar-refractivity contribution < 1.29 is 10.2 Å². The molecule has 1 aromatic carbocycles. The maximum atomic E-state index is 9.26. The molecule has 0 aromatic heterocycles. The first-order valence-corrected chi connectivity index (χ1v) is 6.80. The molecule has 2 N–H and O–H groups in total. The Morgan fingerprint density at radius 2 is 1.83 bits per heavy atom. The van der Waals surface area contributed by atoms with Crippen LogP contribution in [0.3, 0.4) is 0 Å². The van der Waals surface area contributed by atoms with Gasteiger partial charge in [0.2, 0.25) is 0 Å². The van der Waals surface area contributed by atoms with Gasteiger partial charge in [0, 0.05) is 12.6 Å². The van der Waals surface area contributed by atoms with Gasteiger partial charge in [0.1, 0.15) is 5.75 Å². The van der Waals surface area contributed by atoms with Crippen molar-refractivity contribution in [3.63, 3.8) is 0 Å². The second kappa shape index (κ2) is 8.11. The van der Waals surface area contributed by atoms with E-state index in [2.05, 4.69) is 18.7 Å². The van der Waals surface area contributed by atoms with E-state index in [4.69, 9.17) is 5.11 Å². The highest BCUT2D eigenvalue weighted by molar-refractivity contribution is 5.26. The number of aliphatic hydroxyl groups is 1. The predicted molar refractivity (Wildman–Crippen MR) is 74.8 cm³/mol. The van der Waals surface area contributed by atoms with Crippen LogP contribution in [0.25, 0.3) is 0 Å². The Balaban J connectivity index is 2.45. The van der Waals surface area contributed by atoms with Gasteiger partial charge >= 0.3 is 0 Å². The molecule has 0 radical (unpaired) electrons. The lowest BCUT2D eigenvalue weighted by Gasteiger charge is -2.28. The molecule has 102 valence electrons. The van der Waals surface area contributed by atoms with Gasteiger partial charge in [0.05, 0.1) is 0 Å². The van der Waals surface area contributed by atoms with E-state index in [1.54, 1.807) is 12.1 Å². The lowest BCUT2D eigenvalue weighted by molar-refractivity contribution is 0.203. The molecule has 0 amide bonds. The molecule has 0 aliphatic carbocycles. The summed E-state index contributed by atoms with van der Waals surface area (Å²) in [5.74, 6) is 0.321. The Bertz CT molecular complexity index is 324. The van der Waals surface area contributed by atoms with Crippen molar-refractivity contribution in [2.24, 2.45) is 0 Å². The summed E-state index contributed by atoms with van der Waals surface area (Å²) in [5.41, 5.74) is 1.25. The number of aliphatic hydroxyl groups excluding tert-OH is 1. The van der Waals surface area contributed by atoms with E-state index in [1.165, 1.54) is 5.56 Å². The summed E-state index contributed by atoms with van der Waals surface area (Å²) < 4.78 is 0. The normalized spacial score (nSPS) is 12.9. The lowest BCUT2D eigenvalue weighted by Crippen LogP contribution is -2.35. The molecular formula is C15H25NO2. The Kier molecular flexibility index (Phi) is 6.76. The minimum atomic E-state index is 0.282. The van der Waals surface area contributed by atoms with Gasteiger partial charge in [0.25, 0.3) is 0 Å². The SMILES string of the molecule is CCN(CCCCO)C(C)Cc1ccc(O)cc1. The summed E-state index contributed by atoms with van der Waals surface area (Å²) >= 11 is 0. The van der Waals surface area contributed by atoms with Crippen LogP contribution >= 0.6 is 0 Å². The fourth-order valence-corrected chi connectivity index (χ4v) is 2.22. The number of phenols is 1. The third-order valence-corrected chi connectivity index (χ3v) is 3.35. The van der Waals surface area contributed by atoms with Crippen molar-refractivity contribution in [2.75, 3.05) is 19.7 Å². The van der Waals surface area contributed by atoms with Crippen molar-refractivity contribution in [3.05, 3.63) is 29.8 Å². The van der Waals surface area contributed by atoms with Crippen LogP contribution in [0.1, 0.15) is 32.3 Å². The van der Waals surface area contributed by atoms with Gasteiger partial charge in [-0.05, 0) is 57.0 Å². The van der Waals surface area contributed by atoms with Crippen LogP contribution in [0.2, 0.25) is 0 Å². The molecule has 18 heavy (non-hydrogen) atoms. The van der Waals surface area contributed by atoms with Gasteiger partial charge in [-0.1, -0.05) is 19.1 Å². The molecule has 3 nitrogen and oxygen atoms in total. The van der Waals surface area contributed by atoms with Crippen molar-refractivity contribution >= 4 is 0 Å². The summed E-state index contributed by atoms with van der Waals surface area (Å²) in [4.78, 5) is 2.43. The Morgan fingerprint density at radius 1 is 1.17 bits per heavy atom. The molecule has 0 fully saturated rings. The first-order valence-electron chi connectivity index (χ1n) is 6.80. The standard InChI is InChI=1S/C15H25NO2/c1-3-16(10-4-5-11-17)13(2)12-14-6-8-15(18)9-7-14/h6-9,13,17-18H,3-5,10-12H2,1-2H3. The van der Waals surface area contributed by atoms with E-state index >= 15 is 0 Å². The number of rotatable bonds is 8. The molecule has 0 aliphatic heterocycles. The van der Waals surface area contributed by atoms with E-state index in [9.17, 15) is 5.11 Å². The van der Waals surface area contributed by atoms with E-state index in [0.29, 0.717) is 11.8 Å². The molecule has 0 aliphatic rings. The fraction of sp³-hybridized carbons (Fsp3) is 0.600. The zero-order valence-electron chi connectivity index (χ0n) is 11.5. The van der Waals surface area contributed by atoms with Crippen LogP contribution in [-0.4, -0.2) is 40.9 Å². The minimum absolute atomic E-state index is 0.282. The number of nitrogens with zero attached hydrogens (tertiary/aromatic N) is 1. The minimum Gasteiger partial charge on any atom is -0.508 e. The van der Waals surface area contributed by atoms with Gasteiger partial charge in [-0.3, -0.25) is 0 Å². The Hall–Kier alpha value is -1.06. The second-order valence-corrected chi connectivity index (χ2v) is 4.78. The van der Waals surface area contributed by atoms with Crippen molar-refractivity contribution in [3.8, 4) is 5.75 Å². The average molecular weight is 251 g/mol. The van der Waals surface area contributed by atoms with Crippen LogP contribution in [-0.2, 0) is 6.42 Å². The van der Waals surface area contributed by atoms with Gasteiger partial charge in [-0.2, -0.15) is 0 Å².